The fourth-order valence-corrected chi connectivity index (χ4v) is 3.34. The minimum atomic E-state index is -1.50. The van der Waals surface area contributed by atoms with Crippen molar-refractivity contribution < 1.29 is 19.0 Å². The maximum absolute atomic E-state index is 12.7. The van der Waals surface area contributed by atoms with Gasteiger partial charge in [0.1, 0.15) is 19.0 Å². The molecule has 1 aliphatic rings. The number of aromatic nitrogens is 2. The van der Waals surface area contributed by atoms with Crippen LogP contribution in [-0.2, 0) is 10.4 Å². The Hall–Kier alpha value is -3.23. The zero-order chi connectivity index (χ0) is 21.1. The van der Waals surface area contributed by atoms with Crippen molar-refractivity contribution in [2.75, 3.05) is 33.9 Å². The molecule has 1 atom stereocenters. The van der Waals surface area contributed by atoms with E-state index in [0.717, 1.165) is 11.1 Å². The predicted molar refractivity (Wildman–Crippen MR) is 119 cm³/mol. The van der Waals surface area contributed by atoms with E-state index in [4.69, 9.17) is 19.9 Å². The molecule has 1 aliphatic heterocycles. The van der Waals surface area contributed by atoms with Gasteiger partial charge in [-0.15, -0.1) is 12.4 Å². The van der Waals surface area contributed by atoms with Gasteiger partial charge in [-0.05, 0) is 43.9 Å². The van der Waals surface area contributed by atoms with Gasteiger partial charge in [0, 0.05) is 18.3 Å². The van der Waals surface area contributed by atoms with Crippen molar-refractivity contribution in [3.8, 4) is 28.4 Å². The molecule has 0 fully saturated rings. The minimum absolute atomic E-state index is 0. The Bertz CT molecular complexity index is 1040. The van der Waals surface area contributed by atoms with Gasteiger partial charge in [-0.2, -0.15) is 5.10 Å². The van der Waals surface area contributed by atoms with Crippen molar-refractivity contribution in [1.82, 2.24) is 15.1 Å². The maximum Gasteiger partial charge on any atom is 0.270 e. The Morgan fingerprint density at radius 3 is 2.68 bits per heavy atom. The van der Waals surface area contributed by atoms with Crippen LogP contribution in [0.25, 0.3) is 11.1 Å². The lowest BCUT2D eigenvalue weighted by Crippen LogP contribution is -2.52. The largest absolute Gasteiger partial charge is 0.492 e. The second kappa shape index (κ2) is 9.28. The number of para-hydroxylation sites is 2. The molecule has 0 saturated carbocycles. The van der Waals surface area contributed by atoms with Crippen LogP contribution in [0.2, 0.25) is 0 Å². The third-order valence-electron chi connectivity index (χ3n) is 5.01. The first-order valence-corrected chi connectivity index (χ1v) is 9.61. The van der Waals surface area contributed by atoms with Crippen LogP contribution in [0.5, 0.6) is 17.2 Å². The Labute approximate surface area is 186 Å². The van der Waals surface area contributed by atoms with E-state index in [1.54, 1.807) is 30.6 Å². The summed E-state index contributed by atoms with van der Waals surface area (Å²) in [4.78, 5) is 14.7. The standard InChI is InChI=1S/C22H24N4O4.ClH/c1-26(2)9-10-28-20-11-15(16-12-24-25-13-16)7-8-17(20)22(21(23)27)14-29-18-5-3-4-6-19(18)30-22;/h3-8,11-13H,9-10,14H2,1-2H3,(H2,23,27)(H,24,25);1H. The summed E-state index contributed by atoms with van der Waals surface area (Å²) in [5.41, 5.74) is 6.66. The lowest BCUT2D eigenvalue weighted by molar-refractivity contribution is -0.140. The molecule has 1 amide bonds. The first-order valence-electron chi connectivity index (χ1n) is 9.61. The van der Waals surface area contributed by atoms with Crippen molar-refractivity contribution in [2.45, 2.75) is 5.60 Å². The van der Waals surface area contributed by atoms with E-state index in [1.807, 2.05) is 43.3 Å². The molecule has 31 heavy (non-hydrogen) atoms. The van der Waals surface area contributed by atoms with Crippen LogP contribution >= 0.6 is 12.4 Å². The zero-order valence-electron chi connectivity index (χ0n) is 17.3. The van der Waals surface area contributed by atoms with E-state index < -0.39 is 11.5 Å². The van der Waals surface area contributed by atoms with Crippen molar-refractivity contribution in [3.63, 3.8) is 0 Å². The highest BCUT2D eigenvalue weighted by atomic mass is 35.5. The number of halogens is 1. The molecule has 164 valence electrons. The second-order valence-corrected chi connectivity index (χ2v) is 7.38. The maximum atomic E-state index is 12.7. The van der Waals surface area contributed by atoms with Gasteiger partial charge in [0.05, 0.1) is 11.8 Å². The highest BCUT2D eigenvalue weighted by Gasteiger charge is 2.47. The Morgan fingerprint density at radius 1 is 1.23 bits per heavy atom. The van der Waals surface area contributed by atoms with Gasteiger partial charge in [0.15, 0.2) is 11.5 Å². The predicted octanol–water partition coefficient (Wildman–Crippen LogP) is 2.59. The molecule has 0 radical (unpaired) electrons. The molecule has 3 aromatic rings. The van der Waals surface area contributed by atoms with Crippen LogP contribution in [0, 0.1) is 0 Å². The van der Waals surface area contributed by atoms with E-state index in [1.165, 1.54) is 0 Å². The van der Waals surface area contributed by atoms with Crippen LogP contribution in [0.15, 0.2) is 54.9 Å². The number of amides is 1. The quantitative estimate of drug-likeness (QED) is 0.580. The Morgan fingerprint density at radius 2 is 2.00 bits per heavy atom. The van der Waals surface area contributed by atoms with Gasteiger partial charge in [-0.3, -0.25) is 9.89 Å². The molecule has 1 unspecified atom stereocenters. The van der Waals surface area contributed by atoms with E-state index >= 15 is 0 Å². The summed E-state index contributed by atoms with van der Waals surface area (Å²) >= 11 is 0. The van der Waals surface area contributed by atoms with E-state index in [0.29, 0.717) is 36.0 Å². The number of primary amides is 1. The van der Waals surface area contributed by atoms with Crippen molar-refractivity contribution in [3.05, 3.63) is 60.4 Å². The third-order valence-corrected chi connectivity index (χ3v) is 5.01. The van der Waals surface area contributed by atoms with Crippen LogP contribution < -0.4 is 19.9 Å². The molecule has 8 nitrogen and oxygen atoms in total. The molecule has 0 saturated heterocycles. The number of nitrogens with two attached hydrogens (primary N) is 1. The smallest absolute Gasteiger partial charge is 0.270 e. The first kappa shape index (κ1) is 22.5. The number of benzene rings is 2. The van der Waals surface area contributed by atoms with E-state index in [-0.39, 0.29) is 19.0 Å². The van der Waals surface area contributed by atoms with Crippen LogP contribution in [-0.4, -0.2) is 54.9 Å². The molecule has 1 aromatic heterocycles. The molecule has 0 spiro atoms. The number of nitrogens with zero attached hydrogens (tertiary/aromatic N) is 2. The van der Waals surface area contributed by atoms with Gasteiger partial charge in [-0.1, -0.05) is 18.2 Å². The van der Waals surface area contributed by atoms with Crippen molar-refractivity contribution >= 4 is 18.3 Å². The summed E-state index contributed by atoms with van der Waals surface area (Å²) in [6, 6.07) is 12.7. The first-order chi connectivity index (χ1) is 14.5. The molecule has 0 bridgehead atoms. The fourth-order valence-electron chi connectivity index (χ4n) is 3.34. The summed E-state index contributed by atoms with van der Waals surface area (Å²) in [7, 11) is 3.93. The normalized spacial score (nSPS) is 17.1. The third kappa shape index (κ3) is 4.45. The number of fused-ring (bicyclic) bond motifs is 1. The van der Waals surface area contributed by atoms with Gasteiger partial charge < -0.3 is 24.8 Å². The number of carbonyl (C=O) groups excluding carboxylic acids is 1. The number of H-pyrrole nitrogens is 1. The van der Waals surface area contributed by atoms with Crippen molar-refractivity contribution in [1.29, 1.82) is 0 Å². The molecule has 0 aliphatic carbocycles. The summed E-state index contributed by atoms with van der Waals surface area (Å²) in [6.45, 7) is 1.09. The second-order valence-electron chi connectivity index (χ2n) is 7.38. The number of nitrogens with one attached hydrogen (secondary N) is 1. The number of rotatable bonds is 7. The molecular formula is C22H25ClN4O4. The molecule has 4 rings (SSSR count). The monoisotopic (exact) mass is 444 g/mol. The Balaban J connectivity index is 0.00000272. The van der Waals surface area contributed by atoms with E-state index in [2.05, 4.69) is 10.2 Å². The van der Waals surface area contributed by atoms with Crippen molar-refractivity contribution in [2.24, 2.45) is 5.73 Å². The van der Waals surface area contributed by atoms with Gasteiger partial charge >= 0.3 is 0 Å². The molecule has 2 heterocycles. The van der Waals surface area contributed by atoms with Gasteiger partial charge in [-0.25, -0.2) is 0 Å². The molecule has 2 aromatic carbocycles. The lowest BCUT2D eigenvalue weighted by atomic mass is 9.90. The lowest BCUT2D eigenvalue weighted by Gasteiger charge is -2.37. The summed E-state index contributed by atoms with van der Waals surface area (Å²) < 4.78 is 18.1. The molecule has 3 N–H and O–H groups in total. The summed E-state index contributed by atoms with van der Waals surface area (Å²) in [5.74, 6) is 0.892. The minimum Gasteiger partial charge on any atom is -0.492 e. The number of hydrogen-bond acceptors (Lipinski definition) is 6. The number of carbonyl (C=O) groups is 1. The number of ether oxygens (including phenoxy) is 3. The van der Waals surface area contributed by atoms with Crippen LogP contribution in [0.3, 0.4) is 0 Å². The Kier molecular flexibility index (Phi) is 6.72. The number of aromatic amines is 1. The number of hydrogen-bond donors (Lipinski definition) is 2. The van der Waals surface area contributed by atoms with Gasteiger partial charge in [0.2, 0.25) is 5.60 Å². The average Bonchev–Trinajstić information content (AvgIpc) is 3.28. The van der Waals surface area contributed by atoms with Crippen LogP contribution in [0.1, 0.15) is 5.56 Å². The molecular weight excluding hydrogens is 420 g/mol. The average molecular weight is 445 g/mol. The van der Waals surface area contributed by atoms with Crippen LogP contribution in [0.4, 0.5) is 0 Å². The zero-order valence-corrected chi connectivity index (χ0v) is 18.1. The fraction of sp³-hybridized carbons (Fsp3) is 0.273. The molecule has 9 heteroatoms. The highest BCUT2D eigenvalue weighted by Crippen LogP contribution is 2.43. The SMILES string of the molecule is CN(C)CCOc1cc(-c2cn[nH]c2)ccc1C1(C(N)=O)COc2ccccc2O1.Cl. The summed E-state index contributed by atoms with van der Waals surface area (Å²) in [5, 5.41) is 6.81. The summed E-state index contributed by atoms with van der Waals surface area (Å²) in [6.07, 6.45) is 3.51. The topological polar surface area (TPSA) is 103 Å². The number of likely N-dealkylation sites (N-methyl/N-ethyl adjacent to an activating group) is 1. The van der Waals surface area contributed by atoms with E-state index in [9.17, 15) is 4.79 Å². The highest BCUT2D eigenvalue weighted by molar-refractivity contribution is 5.87. The van der Waals surface area contributed by atoms with Gasteiger partial charge in [0.25, 0.3) is 5.91 Å².